The third kappa shape index (κ3) is 4.37. The van der Waals surface area contributed by atoms with Gasteiger partial charge >= 0.3 is 0 Å². The minimum absolute atomic E-state index is 0.0853. The van der Waals surface area contributed by atoms with Crippen molar-refractivity contribution in [2.24, 2.45) is 4.99 Å². The number of hydrogen-bond donors (Lipinski definition) is 0. The van der Waals surface area contributed by atoms with Crippen LogP contribution in [0.1, 0.15) is 16.7 Å². The molecule has 1 amide bonds. The van der Waals surface area contributed by atoms with Crippen molar-refractivity contribution in [3.8, 4) is 0 Å². The molecule has 2 saturated heterocycles. The van der Waals surface area contributed by atoms with Gasteiger partial charge in [0.25, 0.3) is 5.91 Å². The molecule has 4 rings (SSSR count). The van der Waals surface area contributed by atoms with Gasteiger partial charge in [-0.3, -0.25) is 4.79 Å². The zero-order valence-electron chi connectivity index (χ0n) is 16.1. The van der Waals surface area contributed by atoms with Gasteiger partial charge in [-0.05, 0) is 54.8 Å². The highest BCUT2D eigenvalue weighted by molar-refractivity contribution is 8.16. The van der Waals surface area contributed by atoms with Gasteiger partial charge in [-0.1, -0.05) is 41.6 Å². The Balaban J connectivity index is 1.65. The smallest absolute Gasteiger partial charge is 0.252 e. The molecule has 0 aromatic heterocycles. The van der Waals surface area contributed by atoms with E-state index in [0.717, 1.165) is 22.4 Å². The Kier molecular flexibility index (Phi) is 5.48. The molecule has 2 aliphatic heterocycles. The lowest BCUT2D eigenvalue weighted by Crippen LogP contribution is -2.37. The van der Waals surface area contributed by atoms with E-state index < -0.39 is 9.84 Å². The molecular weight excluding hydrogens is 428 g/mol. The van der Waals surface area contributed by atoms with Gasteiger partial charge < -0.3 is 4.90 Å². The first-order valence-electron chi connectivity index (χ1n) is 9.31. The highest BCUT2D eigenvalue weighted by Gasteiger charge is 2.49. The van der Waals surface area contributed by atoms with Gasteiger partial charge in [-0.25, -0.2) is 8.42 Å². The van der Waals surface area contributed by atoms with E-state index >= 15 is 0 Å². The average Bonchev–Trinajstić information content (AvgIpc) is 3.10. The van der Waals surface area contributed by atoms with Crippen LogP contribution in [0.15, 0.2) is 47.5 Å². The Morgan fingerprint density at radius 2 is 1.86 bits per heavy atom. The number of rotatable bonds is 3. The first-order chi connectivity index (χ1) is 13.7. The van der Waals surface area contributed by atoms with Crippen molar-refractivity contribution in [1.29, 1.82) is 0 Å². The van der Waals surface area contributed by atoms with E-state index in [-0.39, 0.29) is 35.1 Å². The summed E-state index contributed by atoms with van der Waals surface area (Å²) in [5, 5.41) is 1.09. The Bertz CT molecular complexity index is 1100. The quantitative estimate of drug-likeness (QED) is 0.714. The SMILES string of the molecule is Cc1ccc(N2C(=NC(=O)Cc3ccc(Cl)cc3)S[C@H]3CS(=O)(=O)C[C@H]32)cc1C. The van der Waals surface area contributed by atoms with Crippen molar-refractivity contribution in [2.45, 2.75) is 31.6 Å². The number of aliphatic imine (C=N–C) groups is 1. The number of amides is 1. The maximum atomic E-state index is 12.6. The van der Waals surface area contributed by atoms with Crippen LogP contribution in [0.25, 0.3) is 0 Å². The van der Waals surface area contributed by atoms with Gasteiger partial charge in [0.1, 0.15) is 0 Å². The summed E-state index contributed by atoms with van der Waals surface area (Å²) in [5.74, 6) is -0.0535. The molecular formula is C21H21ClN2O3S2. The number of anilines is 1. The number of nitrogens with zero attached hydrogens (tertiary/aromatic N) is 2. The fourth-order valence-electron chi connectivity index (χ4n) is 3.66. The molecule has 152 valence electrons. The highest BCUT2D eigenvalue weighted by Crippen LogP contribution is 2.41. The van der Waals surface area contributed by atoms with Crippen molar-refractivity contribution in [3.63, 3.8) is 0 Å². The van der Waals surface area contributed by atoms with Crippen LogP contribution in [0.2, 0.25) is 5.02 Å². The second-order valence-corrected chi connectivity index (χ2v) is 11.3. The van der Waals surface area contributed by atoms with Gasteiger partial charge in [0, 0.05) is 16.0 Å². The van der Waals surface area contributed by atoms with Crippen molar-refractivity contribution >= 4 is 50.0 Å². The average molecular weight is 449 g/mol. The second kappa shape index (κ2) is 7.78. The largest absolute Gasteiger partial charge is 0.316 e. The molecule has 0 N–H and O–H groups in total. The number of sulfone groups is 1. The molecule has 29 heavy (non-hydrogen) atoms. The number of benzene rings is 2. The minimum atomic E-state index is -3.08. The molecule has 2 aliphatic rings. The molecule has 5 nitrogen and oxygen atoms in total. The zero-order valence-corrected chi connectivity index (χ0v) is 18.5. The topological polar surface area (TPSA) is 66.8 Å². The molecule has 0 radical (unpaired) electrons. The Morgan fingerprint density at radius 1 is 1.14 bits per heavy atom. The Morgan fingerprint density at radius 3 is 2.55 bits per heavy atom. The number of fused-ring (bicyclic) bond motifs is 1. The zero-order chi connectivity index (χ0) is 20.8. The van der Waals surface area contributed by atoms with Gasteiger partial charge in [0.15, 0.2) is 15.0 Å². The number of halogens is 1. The summed E-state index contributed by atoms with van der Waals surface area (Å²) >= 11 is 7.30. The number of aryl methyl sites for hydroxylation is 2. The van der Waals surface area contributed by atoms with E-state index in [2.05, 4.69) is 4.99 Å². The molecule has 0 bridgehead atoms. The number of carbonyl (C=O) groups excluding carboxylic acids is 1. The standard InChI is InChI=1S/C21H21ClN2O3S2/c1-13-3-8-17(9-14(13)2)24-18-11-29(26,27)12-19(18)28-21(24)23-20(25)10-15-4-6-16(22)7-5-15/h3-9,18-19H,10-12H2,1-2H3/t18-,19+/m1/s1. The fraction of sp³-hybridized carbons (Fsp3) is 0.333. The van der Waals surface area contributed by atoms with Crippen LogP contribution >= 0.6 is 23.4 Å². The Labute approximate surface area is 180 Å². The van der Waals surface area contributed by atoms with E-state index in [1.807, 2.05) is 49.1 Å². The van der Waals surface area contributed by atoms with Crippen molar-refractivity contribution < 1.29 is 13.2 Å². The summed E-state index contributed by atoms with van der Waals surface area (Å²) in [6.45, 7) is 4.05. The maximum absolute atomic E-state index is 12.6. The van der Waals surface area contributed by atoms with E-state index in [4.69, 9.17) is 11.6 Å². The molecule has 2 atom stereocenters. The molecule has 0 aliphatic carbocycles. The third-order valence-electron chi connectivity index (χ3n) is 5.32. The summed E-state index contributed by atoms with van der Waals surface area (Å²) in [4.78, 5) is 18.9. The van der Waals surface area contributed by atoms with E-state index in [0.29, 0.717) is 10.2 Å². The van der Waals surface area contributed by atoms with E-state index in [9.17, 15) is 13.2 Å². The third-order valence-corrected chi connectivity index (χ3v) is 8.79. The van der Waals surface area contributed by atoms with Crippen LogP contribution in [0, 0.1) is 13.8 Å². The molecule has 0 unspecified atom stereocenters. The molecule has 2 fully saturated rings. The highest BCUT2D eigenvalue weighted by atomic mass is 35.5. The lowest BCUT2D eigenvalue weighted by atomic mass is 10.1. The van der Waals surface area contributed by atoms with Gasteiger partial charge in [-0.15, -0.1) is 0 Å². The maximum Gasteiger partial charge on any atom is 0.252 e. The molecule has 8 heteroatoms. The van der Waals surface area contributed by atoms with E-state index in [1.54, 1.807) is 12.1 Å². The van der Waals surface area contributed by atoms with Crippen molar-refractivity contribution in [2.75, 3.05) is 16.4 Å². The van der Waals surface area contributed by atoms with Gasteiger partial charge in [-0.2, -0.15) is 4.99 Å². The lowest BCUT2D eigenvalue weighted by molar-refractivity contribution is -0.117. The second-order valence-electron chi connectivity index (χ2n) is 7.53. The van der Waals surface area contributed by atoms with Gasteiger partial charge in [0.05, 0.1) is 24.0 Å². The van der Waals surface area contributed by atoms with Crippen molar-refractivity contribution in [3.05, 3.63) is 64.2 Å². The molecule has 2 aromatic rings. The number of thioether (sulfide) groups is 1. The first kappa shape index (κ1) is 20.4. The predicted octanol–water partition coefficient (Wildman–Crippen LogP) is 3.80. The van der Waals surface area contributed by atoms with Crippen LogP contribution in [0.3, 0.4) is 0 Å². The molecule has 0 saturated carbocycles. The van der Waals surface area contributed by atoms with Crippen LogP contribution in [0.4, 0.5) is 5.69 Å². The minimum Gasteiger partial charge on any atom is -0.316 e. The summed E-state index contributed by atoms with van der Waals surface area (Å²) in [6, 6.07) is 12.9. The van der Waals surface area contributed by atoms with Gasteiger partial charge in [0.2, 0.25) is 0 Å². The van der Waals surface area contributed by atoms with Crippen LogP contribution < -0.4 is 4.90 Å². The monoisotopic (exact) mass is 448 g/mol. The number of carbonyl (C=O) groups is 1. The summed E-state index contributed by atoms with van der Waals surface area (Å²) in [5.41, 5.74) is 3.99. The lowest BCUT2D eigenvalue weighted by Gasteiger charge is -2.25. The molecule has 2 aromatic carbocycles. The van der Waals surface area contributed by atoms with Crippen LogP contribution in [0.5, 0.6) is 0 Å². The van der Waals surface area contributed by atoms with Crippen LogP contribution in [-0.4, -0.2) is 42.3 Å². The van der Waals surface area contributed by atoms with E-state index in [1.165, 1.54) is 11.8 Å². The molecule has 2 heterocycles. The number of amidine groups is 1. The molecule has 0 spiro atoms. The normalized spacial score (nSPS) is 24.1. The summed E-state index contributed by atoms with van der Waals surface area (Å²) in [7, 11) is -3.08. The first-order valence-corrected chi connectivity index (χ1v) is 12.4. The van der Waals surface area contributed by atoms with Crippen LogP contribution in [-0.2, 0) is 21.1 Å². The Hall–Kier alpha value is -1.83. The summed E-state index contributed by atoms with van der Waals surface area (Å²) in [6.07, 6.45) is 0.176. The summed E-state index contributed by atoms with van der Waals surface area (Å²) < 4.78 is 24.4. The predicted molar refractivity (Wildman–Crippen MR) is 120 cm³/mol. The number of hydrogen-bond acceptors (Lipinski definition) is 4. The van der Waals surface area contributed by atoms with Crippen molar-refractivity contribution in [1.82, 2.24) is 0 Å². The fourth-order valence-corrected chi connectivity index (χ4v) is 7.72.